The molecule has 1 aromatic rings. The third-order valence-corrected chi connectivity index (χ3v) is 7.19. The number of hydrogen-bond acceptors (Lipinski definition) is 5. The van der Waals surface area contributed by atoms with Crippen molar-refractivity contribution in [1.29, 1.82) is 5.39 Å². The highest BCUT2D eigenvalue weighted by atomic mass is 79.9. The third-order valence-electron chi connectivity index (χ3n) is 4.33. The number of diazo groups is 1. The fraction of sp³-hybridized carbons (Fsp3) is 0.714. The van der Waals surface area contributed by atoms with E-state index in [1.165, 1.54) is 0 Å². The summed E-state index contributed by atoms with van der Waals surface area (Å²) < 4.78 is 25.7. The van der Waals surface area contributed by atoms with E-state index in [9.17, 15) is 5.39 Å². The number of unbranched alkanes of at least 4 members (excludes halogenated alkanes) is 3. The molecule has 1 rings (SSSR count). The van der Waals surface area contributed by atoms with Crippen molar-refractivity contribution in [3.05, 3.63) is 33.2 Å². The summed E-state index contributed by atoms with van der Waals surface area (Å²) in [6, 6.07) is 5.55. The van der Waals surface area contributed by atoms with Crippen LogP contribution in [0.2, 0.25) is 0 Å². The topological polar surface area (TPSA) is 65.1 Å². The van der Waals surface area contributed by atoms with E-state index >= 15 is 0 Å². The number of benzene rings is 1. The first-order chi connectivity index (χ1) is 14.0. The van der Waals surface area contributed by atoms with E-state index in [0.29, 0.717) is 31.9 Å². The van der Waals surface area contributed by atoms with E-state index in [2.05, 4.69) is 41.7 Å². The predicted octanol–water partition coefficient (Wildman–Crippen LogP) is 6.77. The molecule has 1 aromatic carbocycles. The monoisotopic (exact) mass is 487 g/mol. The Labute approximate surface area is 185 Å². The Morgan fingerprint density at radius 1 is 0.966 bits per heavy atom. The Bertz CT molecular complexity index is 601. The van der Waals surface area contributed by atoms with Gasteiger partial charge in [0.05, 0.1) is 11.7 Å². The van der Waals surface area contributed by atoms with E-state index in [1.807, 2.05) is 19.1 Å². The second-order valence-corrected chi connectivity index (χ2v) is 10.1. The van der Waals surface area contributed by atoms with E-state index in [0.717, 1.165) is 48.6 Å². The summed E-state index contributed by atoms with van der Waals surface area (Å²) in [5.74, 6) is 0. The lowest BCUT2D eigenvalue weighted by atomic mass is 10.1. The molecule has 0 saturated heterocycles. The Morgan fingerprint density at radius 2 is 1.48 bits per heavy atom. The summed E-state index contributed by atoms with van der Waals surface area (Å²) >= 11 is 3.47. The molecule has 0 aromatic heterocycles. The molecule has 0 N–H and O–H groups in total. The van der Waals surface area contributed by atoms with Crippen LogP contribution in [0.5, 0.6) is 0 Å². The van der Waals surface area contributed by atoms with Crippen LogP contribution < -0.4 is 0 Å². The molecule has 8 heteroatoms. The van der Waals surface area contributed by atoms with Gasteiger partial charge in [0, 0.05) is 36.8 Å². The Balaban J connectivity index is 2.95. The maximum atomic E-state index is 9.29. The molecule has 0 bridgehead atoms. The smallest absolute Gasteiger partial charge is 0.351 e. The van der Waals surface area contributed by atoms with E-state index < -0.39 is 9.05 Å². The first kappa shape index (κ1) is 26.2. The van der Waals surface area contributed by atoms with Crippen LogP contribution in [0.15, 0.2) is 22.7 Å². The van der Waals surface area contributed by atoms with Crippen LogP contribution in [0, 0.1) is 5.39 Å². The largest absolute Gasteiger partial charge is 0.679 e. The lowest BCUT2D eigenvalue weighted by Gasteiger charge is -2.31. The lowest BCUT2D eigenvalue weighted by Crippen LogP contribution is -2.52. The molecule has 0 amide bonds. The van der Waals surface area contributed by atoms with Crippen molar-refractivity contribution in [3.8, 4) is 0 Å². The summed E-state index contributed by atoms with van der Waals surface area (Å²) in [5, 5.41) is 9.29. The molecular weight excluding hydrogens is 452 g/mol. The average Bonchev–Trinajstić information content (AvgIpc) is 2.69. The summed E-state index contributed by atoms with van der Waals surface area (Å²) in [5.41, 5.74) is 1.41. The number of hydrogen-bond donors (Lipinski definition) is 0. The van der Waals surface area contributed by atoms with E-state index in [1.54, 1.807) is 6.07 Å². The molecule has 0 heterocycles. The molecule has 0 radical (unpaired) electrons. The summed E-state index contributed by atoms with van der Waals surface area (Å²) in [4.78, 5) is 3.38. The van der Waals surface area contributed by atoms with E-state index in [4.69, 9.17) is 17.7 Å². The molecule has 0 aliphatic heterocycles. The Hall–Kier alpha value is -0.823. The molecule has 29 heavy (non-hydrogen) atoms. The quantitative estimate of drug-likeness (QED) is 0.146. The fourth-order valence-corrected chi connectivity index (χ4v) is 5.29. The van der Waals surface area contributed by atoms with Crippen LogP contribution in [0.4, 0.5) is 5.69 Å². The average molecular weight is 489 g/mol. The number of rotatable bonds is 16. The zero-order valence-electron chi connectivity index (χ0n) is 18.3. The minimum atomic E-state index is -3.27. The highest BCUT2D eigenvalue weighted by Crippen LogP contribution is 2.27. The van der Waals surface area contributed by atoms with Crippen molar-refractivity contribution >= 4 is 30.7 Å². The predicted molar refractivity (Wildman–Crippen MR) is 121 cm³/mol. The highest BCUT2D eigenvalue weighted by molar-refractivity contribution is 9.10. The normalized spacial score (nSPS) is 12.7. The molecule has 0 fully saturated rings. The van der Waals surface area contributed by atoms with Crippen LogP contribution in [-0.4, -0.2) is 35.0 Å². The van der Waals surface area contributed by atoms with Crippen molar-refractivity contribution in [2.45, 2.75) is 78.7 Å². The van der Waals surface area contributed by atoms with Gasteiger partial charge < -0.3 is 17.7 Å². The van der Waals surface area contributed by atoms with Gasteiger partial charge in [-0.05, 0) is 38.3 Å². The number of nitrogens with zero attached hydrogens (tertiary/aromatic N) is 2. The SMILES string of the molecule is CCCCO[Si](OCCCC)(OCCCC)OC(C)Cc1cc(Br)ccc1[N+]#N. The summed E-state index contributed by atoms with van der Waals surface area (Å²) in [6.45, 7) is 10.0. The highest BCUT2D eigenvalue weighted by Gasteiger charge is 2.47. The van der Waals surface area contributed by atoms with Crippen molar-refractivity contribution in [3.63, 3.8) is 0 Å². The maximum absolute atomic E-state index is 9.29. The lowest BCUT2D eigenvalue weighted by molar-refractivity contribution is -0.0538. The van der Waals surface area contributed by atoms with Gasteiger partial charge in [-0.1, -0.05) is 56.0 Å². The van der Waals surface area contributed by atoms with Gasteiger partial charge in [0.2, 0.25) is 5.39 Å². The molecule has 0 aliphatic rings. The molecule has 0 saturated carbocycles. The first-order valence-corrected chi connectivity index (χ1v) is 13.2. The second-order valence-electron chi connectivity index (χ2n) is 7.11. The fourth-order valence-electron chi connectivity index (χ4n) is 2.66. The van der Waals surface area contributed by atoms with Crippen molar-refractivity contribution < 1.29 is 17.7 Å². The van der Waals surface area contributed by atoms with Crippen molar-refractivity contribution in [2.24, 2.45) is 0 Å². The summed E-state index contributed by atoms with van der Waals surface area (Å²) in [6.07, 6.45) is 6.22. The molecular formula is C21H36BrN2O4Si+. The zero-order valence-corrected chi connectivity index (χ0v) is 20.9. The standard InChI is InChI=1S/C21H36BrN2O4Si/c1-5-8-13-25-29(26-14-9-6-2,27-15-10-7-3)28-18(4)16-19-17-20(22)11-12-21(19)24-23/h11-12,17-18H,5-10,13-16H2,1-4H3/q+1. The van der Waals surface area contributed by atoms with Gasteiger partial charge in [-0.25, -0.2) is 0 Å². The summed E-state index contributed by atoms with van der Waals surface area (Å²) in [7, 11) is -3.27. The van der Waals surface area contributed by atoms with Gasteiger partial charge in [-0.2, -0.15) is 0 Å². The van der Waals surface area contributed by atoms with Crippen LogP contribution in [0.25, 0.3) is 4.98 Å². The van der Waals surface area contributed by atoms with Gasteiger partial charge in [0.15, 0.2) is 4.98 Å². The molecule has 1 atom stereocenters. The molecule has 1 unspecified atom stereocenters. The van der Waals surface area contributed by atoms with Crippen molar-refractivity contribution in [2.75, 3.05) is 19.8 Å². The van der Waals surface area contributed by atoms with Gasteiger partial charge in [-0.15, -0.1) is 0 Å². The number of halogens is 1. The van der Waals surface area contributed by atoms with Crippen LogP contribution in [0.3, 0.4) is 0 Å². The Kier molecular flexibility index (Phi) is 13.6. The van der Waals surface area contributed by atoms with Gasteiger partial charge >= 0.3 is 14.7 Å². The van der Waals surface area contributed by atoms with Crippen LogP contribution in [0.1, 0.15) is 71.8 Å². The Morgan fingerprint density at radius 3 is 1.93 bits per heavy atom. The van der Waals surface area contributed by atoms with Crippen molar-refractivity contribution in [1.82, 2.24) is 0 Å². The molecule has 6 nitrogen and oxygen atoms in total. The minimum Gasteiger partial charge on any atom is -0.351 e. The van der Waals surface area contributed by atoms with Gasteiger partial charge in [0.1, 0.15) is 0 Å². The third kappa shape index (κ3) is 10.2. The van der Waals surface area contributed by atoms with Gasteiger partial charge in [-0.3, -0.25) is 0 Å². The second kappa shape index (κ2) is 15.0. The van der Waals surface area contributed by atoms with Gasteiger partial charge in [0.25, 0.3) is 0 Å². The van der Waals surface area contributed by atoms with E-state index in [-0.39, 0.29) is 6.10 Å². The van der Waals surface area contributed by atoms with Crippen LogP contribution in [-0.2, 0) is 24.1 Å². The zero-order chi connectivity index (χ0) is 21.5. The molecule has 0 spiro atoms. The minimum absolute atomic E-state index is 0.221. The first-order valence-electron chi connectivity index (χ1n) is 10.7. The van der Waals surface area contributed by atoms with Crippen LogP contribution >= 0.6 is 15.9 Å². The maximum Gasteiger partial charge on any atom is 0.679 e. The molecule has 0 aliphatic carbocycles. The molecule has 164 valence electrons.